The molecule has 27 heavy (non-hydrogen) atoms. The van der Waals surface area contributed by atoms with Gasteiger partial charge in [-0.15, -0.1) is 10.2 Å². The van der Waals surface area contributed by atoms with Crippen molar-refractivity contribution >= 4 is 27.7 Å². The molecular formula is C19H21BrN6O. The van der Waals surface area contributed by atoms with Crippen LogP contribution >= 0.6 is 15.9 Å². The molecule has 0 saturated heterocycles. The van der Waals surface area contributed by atoms with Crippen molar-refractivity contribution in [2.24, 2.45) is 0 Å². The van der Waals surface area contributed by atoms with Crippen LogP contribution in [0.4, 0.5) is 5.82 Å². The van der Waals surface area contributed by atoms with Gasteiger partial charge in [0.25, 0.3) is 5.91 Å². The van der Waals surface area contributed by atoms with E-state index in [-0.39, 0.29) is 5.91 Å². The van der Waals surface area contributed by atoms with Crippen molar-refractivity contribution in [1.82, 2.24) is 25.3 Å². The van der Waals surface area contributed by atoms with Gasteiger partial charge in [0.1, 0.15) is 5.82 Å². The summed E-state index contributed by atoms with van der Waals surface area (Å²) in [6.07, 6.45) is 0. The number of amides is 1. The second-order valence-electron chi connectivity index (χ2n) is 6.18. The first-order valence-corrected chi connectivity index (χ1v) is 9.39. The third-order valence-electron chi connectivity index (χ3n) is 4.32. The average molecular weight is 429 g/mol. The SMILES string of the molecule is Cc1nn(-c2ccc(NCCNC(=O)c3cccc(Br)c3)nn2)c(C)c1C. The van der Waals surface area contributed by atoms with Crippen LogP contribution in [-0.2, 0) is 0 Å². The zero-order valence-corrected chi connectivity index (χ0v) is 17.0. The third-order valence-corrected chi connectivity index (χ3v) is 4.82. The Morgan fingerprint density at radius 1 is 1.11 bits per heavy atom. The van der Waals surface area contributed by atoms with E-state index in [4.69, 9.17) is 0 Å². The summed E-state index contributed by atoms with van der Waals surface area (Å²) < 4.78 is 2.67. The lowest BCUT2D eigenvalue weighted by Crippen LogP contribution is -2.28. The summed E-state index contributed by atoms with van der Waals surface area (Å²) in [7, 11) is 0. The molecule has 3 rings (SSSR count). The van der Waals surface area contributed by atoms with E-state index in [0.717, 1.165) is 21.4 Å². The summed E-state index contributed by atoms with van der Waals surface area (Å²) in [4.78, 5) is 12.1. The first kappa shape index (κ1) is 19.0. The van der Waals surface area contributed by atoms with E-state index in [1.807, 2.05) is 45.0 Å². The number of nitrogens with one attached hydrogen (secondary N) is 2. The van der Waals surface area contributed by atoms with Gasteiger partial charge in [0, 0.05) is 28.8 Å². The molecule has 1 amide bonds. The van der Waals surface area contributed by atoms with Crippen molar-refractivity contribution in [3.63, 3.8) is 0 Å². The van der Waals surface area contributed by atoms with E-state index in [2.05, 4.69) is 41.9 Å². The van der Waals surface area contributed by atoms with Crippen molar-refractivity contribution in [3.05, 3.63) is 63.4 Å². The molecule has 2 aromatic heterocycles. The van der Waals surface area contributed by atoms with Gasteiger partial charge in [-0.05, 0) is 56.7 Å². The number of anilines is 1. The molecule has 2 heterocycles. The monoisotopic (exact) mass is 428 g/mol. The second-order valence-corrected chi connectivity index (χ2v) is 7.09. The molecular weight excluding hydrogens is 408 g/mol. The van der Waals surface area contributed by atoms with Crippen LogP contribution in [0.3, 0.4) is 0 Å². The first-order valence-electron chi connectivity index (χ1n) is 8.60. The van der Waals surface area contributed by atoms with Crippen molar-refractivity contribution in [2.45, 2.75) is 20.8 Å². The Morgan fingerprint density at radius 2 is 1.93 bits per heavy atom. The van der Waals surface area contributed by atoms with Gasteiger partial charge in [-0.3, -0.25) is 4.79 Å². The maximum atomic E-state index is 12.1. The van der Waals surface area contributed by atoms with Crippen LogP contribution in [0.2, 0.25) is 0 Å². The normalized spacial score (nSPS) is 10.7. The minimum absolute atomic E-state index is 0.112. The van der Waals surface area contributed by atoms with Crippen molar-refractivity contribution in [1.29, 1.82) is 0 Å². The fourth-order valence-corrected chi connectivity index (χ4v) is 2.97. The highest BCUT2D eigenvalue weighted by Crippen LogP contribution is 2.15. The first-order chi connectivity index (χ1) is 13.0. The van der Waals surface area contributed by atoms with Crippen LogP contribution in [0.1, 0.15) is 27.3 Å². The summed E-state index contributed by atoms with van der Waals surface area (Å²) in [6, 6.07) is 11.0. The third kappa shape index (κ3) is 4.51. The smallest absolute Gasteiger partial charge is 0.251 e. The molecule has 0 spiro atoms. The van der Waals surface area contributed by atoms with E-state index in [9.17, 15) is 4.79 Å². The van der Waals surface area contributed by atoms with Gasteiger partial charge < -0.3 is 10.6 Å². The average Bonchev–Trinajstić information content (AvgIpc) is 2.93. The summed E-state index contributed by atoms with van der Waals surface area (Å²) in [6.45, 7) is 7.06. The standard InChI is InChI=1S/C19H21BrN6O/c1-12-13(2)25-26(14(12)3)18-8-7-17(23-24-18)21-9-10-22-19(27)15-5-4-6-16(20)11-15/h4-8,11H,9-10H2,1-3H3,(H,21,23)(H,22,27). The van der Waals surface area contributed by atoms with Gasteiger partial charge in [-0.2, -0.15) is 5.10 Å². The van der Waals surface area contributed by atoms with Gasteiger partial charge in [0.15, 0.2) is 5.82 Å². The lowest BCUT2D eigenvalue weighted by molar-refractivity contribution is 0.0955. The lowest BCUT2D eigenvalue weighted by atomic mass is 10.2. The number of aromatic nitrogens is 4. The summed E-state index contributed by atoms with van der Waals surface area (Å²) >= 11 is 3.36. The van der Waals surface area contributed by atoms with Crippen LogP contribution in [0.15, 0.2) is 40.9 Å². The number of nitrogens with zero attached hydrogens (tertiary/aromatic N) is 4. The summed E-state index contributed by atoms with van der Waals surface area (Å²) in [5.41, 5.74) is 3.81. The molecule has 2 N–H and O–H groups in total. The molecule has 0 aliphatic rings. The fraction of sp³-hybridized carbons (Fsp3) is 0.263. The zero-order valence-electron chi connectivity index (χ0n) is 15.5. The predicted molar refractivity (Wildman–Crippen MR) is 108 cm³/mol. The molecule has 0 unspecified atom stereocenters. The number of benzene rings is 1. The number of carbonyl (C=O) groups is 1. The summed E-state index contributed by atoms with van der Waals surface area (Å²) in [5.74, 6) is 1.21. The Morgan fingerprint density at radius 3 is 2.56 bits per heavy atom. The number of hydrogen-bond acceptors (Lipinski definition) is 5. The predicted octanol–water partition coefficient (Wildman–Crippen LogP) is 3.19. The molecule has 0 fully saturated rings. The minimum atomic E-state index is -0.112. The number of hydrogen-bond donors (Lipinski definition) is 2. The molecule has 0 radical (unpaired) electrons. The lowest BCUT2D eigenvalue weighted by Gasteiger charge is -2.08. The Labute approximate surface area is 166 Å². The Hall–Kier alpha value is -2.74. The van der Waals surface area contributed by atoms with Crippen molar-refractivity contribution in [2.75, 3.05) is 18.4 Å². The molecule has 0 atom stereocenters. The Kier molecular flexibility index (Phi) is 5.85. The van der Waals surface area contributed by atoms with E-state index in [1.165, 1.54) is 0 Å². The van der Waals surface area contributed by atoms with E-state index in [1.54, 1.807) is 16.8 Å². The number of rotatable bonds is 6. The molecule has 0 aliphatic heterocycles. The molecule has 8 heteroatoms. The topological polar surface area (TPSA) is 84.7 Å². The van der Waals surface area contributed by atoms with E-state index in [0.29, 0.717) is 30.3 Å². The highest BCUT2D eigenvalue weighted by atomic mass is 79.9. The van der Waals surface area contributed by atoms with Crippen LogP contribution in [0, 0.1) is 20.8 Å². The number of carbonyl (C=O) groups excluding carboxylic acids is 1. The van der Waals surface area contributed by atoms with Crippen molar-refractivity contribution in [3.8, 4) is 5.82 Å². The molecule has 3 aromatic rings. The Balaban J connectivity index is 1.52. The van der Waals surface area contributed by atoms with E-state index < -0.39 is 0 Å². The minimum Gasteiger partial charge on any atom is -0.367 e. The van der Waals surface area contributed by atoms with Gasteiger partial charge in [0.2, 0.25) is 0 Å². The van der Waals surface area contributed by atoms with Crippen LogP contribution in [-0.4, -0.2) is 39.0 Å². The van der Waals surface area contributed by atoms with E-state index >= 15 is 0 Å². The number of halogens is 1. The molecule has 0 saturated carbocycles. The quantitative estimate of drug-likeness (QED) is 0.588. The zero-order chi connectivity index (χ0) is 19.4. The molecule has 140 valence electrons. The van der Waals surface area contributed by atoms with Crippen LogP contribution in [0.25, 0.3) is 5.82 Å². The molecule has 1 aromatic carbocycles. The molecule has 0 bridgehead atoms. The maximum Gasteiger partial charge on any atom is 0.251 e. The van der Waals surface area contributed by atoms with Gasteiger partial charge in [-0.1, -0.05) is 22.0 Å². The highest BCUT2D eigenvalue weighted by molar-refractivity contribution is 9.10. The number of aryl methyl sites for hydroxylation is 1. The highest BCUT2D eigenvalue weighted by Gasteiger charge is 2.10. The van der Waals surface area contributed by atoms with Gasteiger partial charge in [0.05, 0.1) is 5.69 Å². The van der Waals surface area contributed by atoms with Gasteiger partial charge in [-0.25, -0.2) is 4.68 Å². The van der Waals surface area contributed by atoms with Crippen molar-refractivity contribution < 1.29 is 4.79 Å². The molecule has 7 nitrogen and oxygen atoms in total. The largest absolute Gasteiger partial charge is 0.367 e. The fourth-order valence-electron chi connectivity index (χ4n) is 2.57. The van der Waals surface area contributed by atoms with Crippen LogP contribution in [0.5, 0.6) is 0 Å². The maximum absolute atomic E-state index is 12.1. The second kappa shape index (κ2) is 8.30. The van der Waals surface area contributed by atoms with Gasteiger partial charge >= 0.3 is 0 Å². The van der Waals surface area contributed by atoms with Crippen LogP contribution < -0.4 is 10.6 Å². The molecule has 0 aliphatic carbocycles. The Bertz CT molecular complexity index is 951. The summed E-state index contributed by atoms with van der Waals surface area (Å²) in [5, 5.41) is 18.9.